The van der Waals surface area contributed by atoms with E-state index in [-0.39, 0.29) is 0 Å². The van der Waals surface area contributed by atoms with Crippen molar-refractivity contribution >= 4 is 54.9 Å². The molecule has 0 saturated carbocycles. The lowest BCUT2D eigenvalue weighted by atomic mass is 10.2. The number of benzene rings is 1. The smallest absolute Gasteiger partial charge is 0.0805 e. The minimum Gasteiger partial charge on any atom is -0.396 e. The Morgan fingerprint density at radius 2 is 0.917 bits per heavy atom. The van der Waals surface area contributed by atoms with Crippen molar-refractivity contribution in [2.24, 2.45) is 0 Å². The molecule has 0 fully saturated rings. The van der Waals surface area contributed by atoms with Gasteiger partial charge in [-0.15, -0.1) is 37.9 Å². The Morgan fingerprint density at radius 3 is 1.25 bits per heavy atom. The SMILES string of the molecule is Nc1c(N)c(S)c(S)c(S)c1N. The average molecular weight is 219 g/mol. The van der Waals surface area contributed by atoms with Crippen molar-refractivity contribution in [3.05, 3.63) is 0 Å². The second-order valence-corrected chi connectivity index (χ2v) is 3.63. The molecule has 0 atom stereocenters. The molecule has 0 aliphatic carbocycles. The van der Waals surface area contributed by atoms with Gasteiger partial charge in [0.1, 0.15) is 0 Å². The van der Waals surface area contributed by atoms with Crippen molar-refractivity contribution in [1.82, 2.24) is 0 Å². The number of hydrogen-bond acceptors (Lipinski definition) is 6. The van der Waals surface area contributed by atoms with Crippen molar-refractivity contribution in [3.63, 3.8) is 0 Å². The second-order valence-electron chi connectivity index (χ2n) is 2.29. The van der Waals surface area contributed by atoms with E-state index >= 15 is 0 Å². The number of hydrogen-bond donors (Lipinski definition) is 6. The molecule has 0 bridgehead atoms. The fourth-order valence-electron chi connectivity index (χ4n) is 0.767. The maximum Gasteiger partial charge on any atom is 0.0805 e. The summed E-state index contributed by atoms with van der Waals surface area (Å²) in [5, 5.41) is 0. The standard InChI is InChI=1S/C6H9N3S3/c7-1-2(8)4(10)6(12)5(11)3(1)9/h10-12H,7-9H2. The highest BCUT2D eigenvalue weighted by Crippen LogP contribution is 2.40. The lowest BCUT2D eigenvalue weighted by Gasteiger charge is -2.12. The van der Waals surface area contributed by atoms with E-state index in [4.69, 9.17) is 17.2 Å². The number of anilines is 3. The van der Waals surface area contributed by atoms with E-state index in [1.807, 2.05) is 0 Å². The van der Waals surface area contributed by atoms with E-state index in [0.717, 1.165) is 0 Å². The predicted octanol–water partition coefficient (Wildman–Crippen LogP) is 1.30. The molecule has 0 amide bonds. The predicted molar refractivity (Wildman–Crippen MR) is 61.4 cm³/mol. The summed E-state index contributed by atoms with van der Waals surface area (Å²) in [6.45, 7) is 0. The van der Waals surface area contributed by atoms with Crippen molar-refractivity contribution < 1.29 is 0 Å². The fourth-order valence-corrected chi connectivity index (χ4v) is 1.56. The summed E-state index contributed by atoms with van der Waals surface area (Å²) >= 11 is 12.4. The molecule has 0 aliphatic rings. The zero-order valence-electron chi connectivity index (χ0n) is 6.07. The number of nitrogens with two attached hydrogens (primary N) is 3. The first-order chi connectivity index (χ1) is 5.46. The summed E-state index contributed by atoms with van der Waals surface area (Å²) in [6.07, 6.45) is 0. The van der Waals surface area contributed by atoms with Crippen LogP contribution < -0.4 is 17.2 Å². The van der Waals surface area contributed by atoms with Crippen molar-refractivity contribution in [2.45, 2.75) is 14.7 Å². The average Bonchev–Trinajstić information content (AvgIpc) is 2.08. The van der Waals surface area contributed by atoms with Gasteiger partial charge < -0.3 is 17.2 Å². The molecule has 6 N–H and O–H groups in total. The molecule has 1 aromatic rings. The van der Waals surface area contributed by atoms with Gasteiger partial charge in [0.2, 0.25) is 0 Å². The maximum atomic E-state index is 5.59. The highest BCUT2D eigenvalue weighted by atomic mass is 32.1. The molecule has 0 spiro atoms. The molecular weight excluding hydrogens is 210 g/mol. The van der Waals surface area contributed by atoms with Crippen LogP contribution in [0.25, 0.3) is 0 Å². The summed E-state index contributed by atoms with van der Waals surface area (Å²) in [5.74, 6) is 0. The van der Waals surface area contributed by atoms with Crippen LogP contribution in [0, 0.1) is 0 Å². The van der Waals surface area contributed by atoms with Crippen LogP contribution in [0.5, 0.6) is 0 Å². The molecule has 0 aromatic heterocycles. The van der Waals surface area contributed by atoms with Crippen LogP contribution in [0.2, 0.25) is 0 Å². The molecule has 1 rings (SSSR count). The van der Waals surface area contributed by atoms with Gasteiger partial charge in [-0.25, -0.2) is 0 Å². The summed E-state index contributed by atoms with van der Waals surface area (Å²) < 4.78 is 0. The molecule has 0 saturated heterocycles. The third kappa shape index (κ3) is 1.30. The minimum atomic E-state index is 0.308. The van der Waals surface area contributed by atoms with E-state index in [9.17, 15) is 0 Å². The van der Waals surface area contributed by atoms with Crippen LogP contribution >= 0.6 is 37.9 Å². The van der Waals surface area contributed by atoms with Gasteiger partial charge in [0.05, 0.1) is 17.1 Å². The van der Waals surface area contributed by atoms with Crippen LogP contribution in [-0.4, -0.2) is 0 Å². The molecule has 66 valence electrons. The normalized spacial score (nSPS) is 10.2. The van der Waals surface area contributed by atoms with Gasteiger partial charge >= 0.3 is 0 Å². The highest BCUT2D eigenvalue weighted by molar-refractivity contribution is 7.85. The Balaban J connectivity index is 3.60. The first-order valence-corrected chi connectivity index (χ1v) is 4.38. The highest BCUT2D eigenvalue weighted by Gasteiger charge is 2.12. The van der Waals surface area contributed by atoms with Crippen molar-refractivity contribution in [3.8, 4) is 0 Å². The molecule has 12 heavy (non-hydrogen) atoms. The molecule has 6 heteroatoms. The summed E-state index contributed by atoms with van der Waals surface area (Å²) in [7, 11) is 0. The Kier molecular flexibility index (Phi) is 2.60. The van der Waals surface area contributed by atoms with Gasteiger partial charge in [-0.2, -0.15) is 0 Å². The fraction of sp³-hybridized carbons (Fsp3) is 0. The first-order valence-electron chi connectivity index (χ1n) is 3.04. The van der Waals surface area contributed by atoms with E-state index in [1.165, 1.54) is 0 Å². The Bertz CT molecular complexity index is 232. The first kappa shape index (κ1) is 9.76. The molecule has 1 aromatic carbocycles. The van der Waals surface area contributed by atoms with E-state index in [2.05, 4.69) is 37.9 Å². The summed E-state index contributed by atoms with van der Waals surface area (Å²) in [6, 6.07) is 0. The monoisotopic (exact) mass is 219 g/mol. The van der Waals surface area contributed by atoms with Gasteiger partial charge in [0, 0.05) is 14.7 Å². The maximum absolute atomic E-state index is 5.59. The van der Waals surface area contributed by atoms with Gasteiger partial charge in [-0.05, 0) is 0 Å². The second kappa shape index (κ2) is 3.20. The number of thiol groups is 3. The van der Waals surface area contributed by atoms with Gasteiger partial charge in [-0.3, -0.25) is 0 Å². The Hall–Kier alpha value is -0.330. The molecule has 0 unspecified atom stereocenters. The van der Waals surface area contributed by atoms with Crippen LogP contribution in [0.15, 0.2) is 14.7 Å². The quantitative estimate of drug-likeness (QED) is 0.294. The summed E-state index contributed by atoms with van der Waals surface area (Å²) in [5.41, 5.74) is 17.7. The van der Waals surface area contributed by atoms with Crippen molar-refractivity contribution in [1.29, 1.82) is 0 Å². The molecule has 0 radical (unpaired) electrons. The Morgan fingerprint density at radius 1 is 0.583 bits per heavy atom. The van der Waals surface area contributed by atoms with Crippen LogP contribution in [-0.2, 0) is 0 Å². The zero-order valence-corrected chi connectivity index (χ0v) is 8.76. The lowest BCUT2D eigenvalue weighted by molar-refractivity contribution is 1.16. The third-order valence-electron chi connectivity index (χ3n) is 1.54. The van der Waals surface area contributed by atoms with Crippen LogP contribution in [0.4, 0.5) is 17.1 Å². The Labute approximate surface area is 86.9 Å². The molecule has 3 nitrogen and oxygen atoms in total. The lowest BCUT2D eigenvalue weighted by Crippen LogP contribution is -2.03. The van der Waals surface area contributed by atoms with Gasteiger partial charge in [0.15, 0.2) is 0 Å². The summed E-state index contributed by atoms with van der Waals surface area (Å²) in [4.78, 5) is 1.57. The third-order valence-corrected chi connectivity index (χ3v) is 3.27. The number of nitrogen functional groups attached to an aromatic ring is 3. The van der Waals surface area contributed by atoms with E-state index in [1.54, 1.807) is 0 Å². The van der Waals surface area contributed by atoms with Crippen LogP contribution in [0.3, 0.4) is 0 Å². The van der Waals surface area contributed by atoms with Gasteiger partial charge in [0.25, 0.3) is 0 Å². The molecule has 0 aliphatic heterocycles. The topological polar surface area (TPSA) is 78.1 Å². The van der Waals surface area contributed by atoms with Gasteiger partial charge in [-0.1, -0.05) is 0 Å². The number of rotatable bonds is 0. The van der Waals surface area contributed by atoms with E-state index < -0.39 is 0 Å². The largest absolute Gasteiger partial charge is 0.396 e. The molecular formula is C6H9N3S3. The zero-order chi connectivity index (χ0) is 9.46. The van der Waals surface area contributed by atoms with E-state index in [0.29, 0.717) is 31.7 Å². The minimum absolute atomic E-state index is 0.308. The van der Waals surface area contributed by atoms with Crippen molar-refractivity contribution in [2.75, 3.05) is 17.2 Å². The van der Waals surface area contributed by atoms with Crippen LogP contribution in [0.1, 0.15) is 0 Å². The molecule has 0 heterocycles.